The van der Waals surface area contributed by atoms with Crippen LogP contribution in [0.5, 0.6) is 0 Å². The molecule has 0 radical (unpaired) electrons. The third-order valence-corrected chi connectivity index (χ3v) is 4.09. The third kappa shape index (κ3) is 11.1. The summed E-state index contributed by atoms with van der Waals surface area (Å²) in [6, 6.07) is 0.775. The van der Waals surface area contributed by atoms with Crippen molar-refractivity contribution in [1.82, 2.24) is 4.90 Å². The van der Waals surface area contributed by atoms with Crippen molar-refractivity contribution in [3.8, 4) is 0 Å². The lowest BCUT2D eigenvalue weighted by Gasteiger charge is -2.24. The maximum atomic E-state index is 2.56. The van der Waals surface area contributed by atoms with Gasteiger partial charge in [0.2, 0.25) is 0 Å². The Bertz CT molecular complexity index is 156. The van der Waals surface area contributed by atoms with Gasteiger partial charge in [-0.3, -0.25) is 0 Å². The zero-order chi connectivity index (χ0) is 13.6. The third-order valence-electron chi connectivity index (χ3n) is 4.09. The zero-order valence-corrected chi connectivity index (χ0v) is 13.5. The van der Waals surface area contributed by atoms with E-state index in [1.807, 2.05) is 0 Å². The fraction of sp³-hybridized carbons (Fsp3) is 1.00. The first kappa shape index (κ1) is 18.0. The van der Waals surface area contributed by atoms with Crippen LogP contribution in [0.25, 0.3) is 0 Å². The second-order valence-corrected chi connectivity index (χ2v) is 5.95. The van der Waals surface area contributed by atoms with E-state index in [1.165, 1.54) is 77.2 Å². The molecule has 0 aliphatic rings. The van der Waals surface area contributed by atoms with E-state index >= 15 is 0 Å². The molecule has 0 aromatic rings. The molecule has 0 heterocycles. The van der Waals surface area contributed by atoms with Crippen LogP contribution >= 0.6 is 0 Å². The van der Waals surface area contributed by atoms with Gasteiger partial charge in [-0.1, -0.05) is 71.6 Å². The van der Waals surface area contributed by atoms with E-state index in [0.717, 1.165) is 6.04 Å². The molecule has 18 heavy (non-hydrogen) atoms. The molecule has 0 fully saturated rings. The minimum Gasteiger partial charge on any atom is -0.304 e. The van der Waals surface area contributed by atoms with Crippen LogP contribution in [0.3, 0.4) is 0 Å². The highest BCUT2D eigenvalue weighted by atomic mass is 15.1. The van der Waals surface area contributed by atoms with Crippen LogP contribution in [0.1, 0.15) is 91.4 Å². The minimum atomic E-state index is 0.775. The van der Waals surface area contributed by atoms with Gasteiger partial charge in [0, 0.05) is 6.04 Å². The second-order valence-electron chi connectivity index (χ2n) is 5.95. The number of rotatable bonds is 13. The van der Waals surface area contributed by atoms with Gasteiger partial charge in [0.1, 0.15) is 0 Å². The molecule has 0 aliphatic heterocycles. The molecule has 0 amide bonds. The van der Waals surface area contributed by atoms with Gasteiger partial charge in [-0.2, -0.15) is 0 Å². The van der Waals surface area contributed by atoms with Crippen LogP contribution in [0.4, 0.5) is 0 Å². The van der Waals surface area contributed by atoms with E-state index in [2.05, 4.69) is 32.7 Å². The zero-order valence-electron chi connectivity index (χ0n) is 13.5. The summed E-state index contributed by atoms with van der Waals surface area (Å²) < 4.78 is 0. The highest BCUT2D eigenvalue weighted by molar-refractivity contribution is 4.63. The molecule has 1 atom stereocenters. The van der Waals surface area contributed by atoms with Gasteiger partial charge in [0.05, 0.1) is 0 Å². The lowest BCUT2D eigenvalue weighted by atomic mass is 10.1. The molecule has 0 aromatic heterocycles. The Morgan fingerprint density at radius 1 is 0.722 bits per heavy atom. The van der Waals surface area contributed by atoms with Gasteiger partial charge in [-0.05, 0) is 33.4 Å². The molecule has 0 saturated carbocycles. The van der Waals surface area contributed by atoms with Gasteiger partial charge >= 0.3 is 0 Å². The summed E-state index contributed by atoms with van der Waals surface area (Å²) in [6.45, 7) is 8.26. The quantitative estimate of drug-likeness (QED) is 0.385. The summed E-state index contributed by atoms with van der Waals surface area (Å²) in [4.78, 5) is 2.56. The number of hydrogen-bond donors (Lipinski definition) is 0. The van der Waals surface area contributed by atoms with E-state index in [4.69, 9.17) is 0 Å². The van der Waals surface area contributed by atoms with E-state index in [0.29, 0.717) is 0 Å². The molecular weight excluding hydrogens is 218 g/mol. The predicted molar refractivity (Wildman–Crippen MR) is 84.2 cm³/mol. The molecular formula is C17H37N. The average Bonchev–Trinajstić information content (AvgIpc) is 2.38. The number of nitrogens with zero attached hydrogens (tertiary/aromatic N) is 1. The summed E-state index contributed by atoms with van der Waals surface area (Å²) in [5.74, 6) is 0. The normalized spacial score (nSPS) is 13.2. The maximum absolute atomic E-state index is 2.56. The van der Waals surface area contributed by atoms with Crippen LogP contribution in [0, 0.1) is 0 Å². The molecule has 0 aliphatic carbocycles. The molecule has 0 aromatic carbocycles. The molecule has 0 spiro atoms. The molecule has 0 bridgehead atoms. The van der Waals surface area contributed by atoms with Crippen LogP contribution in [-0.2, 0) is 0 Å². The molecule has 0 rings (SSSR count). The van der Waals surface area contributed by atoms with Gasteiger partial charge in [-0.25, -0.2) is 0 Å². The monoisotopic (exact) mass is 255 g/mol. The molecule has 110 valence electrons. The molecule has 1 heteroatoms. The first-order chi connectivity index (χ1) is 8.72. The summed E-state index contributed by atoms with van der Waals surface area (Å²) in [7, 11) is 2.30. The highest BCUT2D eigenvalue weighted by Crippen LogP contribution is 2.11. The van der Waals surface area contributed by atoms with E-state index < -0.39 is 0 Å². The van der Waals surface area contributed by atoms with E-state index in [1.54, 1.807) is 0 Å². The molecule has 0 N–H and O–H groups in total. The summed E-state index contributed by atoms with van der Waals surface area (Å²) in [6.07, 6.45) is 15.4. The number of hydrogen-bond acceptors (Lipinski definition) is 1. The van der Waals surface area contributed by atoms with Crippen molar-refractivity contribution in [3.05, 3.63) is 0 Å². The Kier molecular flexibility index (Phi) is 13.4. The second kappa shape index (κ2) is 13.4. The van der Waals surface area contributed by atoms with Crippen molar-refractivity contribution in [2.75, 3.05) is 13.6 Å². The Morgan fingerprint density at radius 2 is 1.22 bits per heavy atom. The average molecular weight is 255 g/mol. The van der Waals surface area contributed by atoms with Gasteiger partial charge in [0.15, 0.2) is 0 Å². The van der Waals surface area contributed by atoms with Gasteiger partial charge in [0.25, 0.3) is 0 Å². The van der Waals surface area contributed by atoms with Crippen molar-refractivity contribution < 1.29 is 0 Å². The van der Waals surface area contributed by atoms with Crippen LogP contribution in [0.2, 0.25) is 0 Å². The lowest BCUT2D eigenvalue weighted by molar-refractivity contribution is 0.236. The van der Waals surface area contributed by atoms with E-state index in [9.17, 15) is 0 Å². The topological polar surface area (TPSA) is 3.24 Å². The fourth-order valence-electron chi connectivity index (χ4n) is 2.45. The Balaban J connectivity index is 3.35. The lowest BCUT2D eigenvalue weighted by Crippen LogP contribution is -2.29. The Labute approximate surface area is 116 Å². The highest BCUT2D eigenvalue weighted by Gasteiger charge is 2.07. The Morgan fingerprint density at radius 3 is 1.83 bits per heavy atom. The van der Waals surface area contributed by atoms with Crippen LogP contribution in [-0.4, -0.2) is 24.5 Å². The maximum Gasteiger partial charge on any atom is 0.00638 e. The van der Waals surface area contributed by atoms with Gasteiger partial charge < -0.3 is 4.90 Å². The first-order valence-corrected chi connectivity index (χ1v) is 8.42. The molecule has 1 unspecified atom stereocenters. The largest absolute Gasteiger partial charge is 0.304 e. The van der Waals surface area contributed by atoms with Gasteiger partial charge in [-0.15, -0.1) is 0 Å². The molecule has 1 nitrogen and oxygen atoms in total. The van der Waals surface area contributed by atoms with Crippen LogP contribution < -0.4 is 0 Å². The molecule has 0 saturated heterocycles. The minimum absolute atomic E-state index is 0.775. The fourth-order valence-corrected chi connectivity index (χ4v) is 2.45. The van der Waals surface area contributed by atoms with Crippen molar-refractivity contribution in [2.45, 2.75) is 97.4 Å². The summed E-state index contributed by atoms with van der Waals surface area (Å²) in [5, 5.41) is 0. The number of unbranched alkanes of at least 4 members (excludes halogenated alkanes) is 8. The first-order valence-electron chi connectivity index (χ1n) is 8.42. The summed E-state index contributed by atoms with van der Waals surface area (Å²) >= 11 is 0. The SMILES string of the molecule is CCCCCCCCN(C)C(C)CCCCCC. The Hall–Kier alpha value is -0.0400. The van der Waals surface area contributed by atoms with Crippen molar-refractivity contribution in [3.63, 3.8) is 0 Å². The van der Waals surface area contributed by atoms with Crippen molar-refractivity contribution in [2.24, 2.45) is 0 Å². The predicted octanol–water partition coefficient (Wildman–Crippen LogP) is 5.64. The summed E-state index contributed by atoms with van der Waals surface area (Å²) in [5.41, 5.74) is 0. The van der Waals surface area contributed by atoms with E-state index in [-0.39, 0.29) is 0 Å². The van der Waals surface area contributed by atoms with Crippen molar-refractivity contribution in [1.29, 1.82) is 0 Å². The van der Waals surface area contributed by atoms with Crippen LogP contribution in [0.15, 0.2) is 0 Å². The smallest absolute Gasteiger partial charge is 0.00638 e. The van der Waals surface area contributed by atoms with Crippen molar-refractivity contribution >= 4 is 0 Å². The standard InChI is InChI=1S/C17H37N/c1-5-7-9-11-12-14-16-18(4)17(3)15-13-10-8-6-2/h17H,5-16H2,1-4H3.